The molecule has 70 valence electrons. The number of nitrogens with zero attached hydrogens (tertiary/aromatic N) is 2. The van der Waals surface area contributed by atoms with Crippen LogP contribution in [-0.2, 0) is 6.54 Å². The summed E-state index contributed by atoms with van der Waals surface area (Å²) in [6.07, 6.45) is 4.70. The number of aromatic nitrogens is 3. The summed E-state index contributed by atoms with van der Waals surface area (Å²) in [5.74, 6) is 0. The van der Waals surface area contributed by atoms with Crippen molar-refractivity contribution in [3.63, 3.8) is 0 Å². The van der Waals surface area contributed by atoms with Crippen LogP contribution in [0, 0.1) is 0 Å². The van der Waals surface area contributed by atoms with Gasteiger partial charge in [-0.1, -0.05) is 28.1 Å². The molecule has 0 saturated heterocycles. The van der Waals surface area contributed by atoms with E-state index in [0.29, 0.717) is 6.54 Å². The lowest BCUT2D eigenvalue weighted by Gasteiger charge is -1.96. The van der Waals surface area contributed by atoms with Crippen LogP contribution in [0.4, 0.5) is 0 Å². The lowest BCUT2D eigenvalue weighted by Crippen LogP contribution is -2.31. The molecule has 0 aliphatic carbocycles. The van der Waals surface area contributed by atoms with E-state index >= 15 is 0 Å². The van der Waals surface area contributed by atoms with Crippen molar-refractivity contribution in [2.45, 2.75) is 6.54 Å². The predicted molar refractivity (Wildman–Crippen MR) is 52.1 cm³/mol. The molecular formula is C7H8BrN3O2. The second-order valence-corrected chi connectivity index (χ2v) is 2.89. The first-order valence-corrected chi connectivity index (χ1v) is 4.73. The van der Waals surface area contributed by atoms with Gasteiger partial charge in [0.25, 0.3) is 5.56 Å². The number of rotatable bonds is 3. The maximum absolute atomic E-state index is 11.0. The van der Waals surface area contributed by atoms with E-state index in [9.17, 15) is 9.59 Å². The van der Waals surface area contributed by atoms with Crippen molar-refractivity contribution in [3.8, 4) is 0 Å². The Hall–Kier alpha value is -1.17. The van der Waals surface area contributed by atoms with Gasteiger partial charge in [-0.3, -0.25) is 9.78 Å². The lowest BCUT2D eigenvalue weighted by molar-refractivity contribution is 0.617. The van der Waals surface area contributed by atoms with Crippen LogP contribution in [0.2, 0.25) is 0 Å². The minimum atomic E-state index is -0.494. The Balaban J connectivity index is 2.84. The van der Waals surface area contributed by atoms with Crippen molar-refractivity contribution < 1.29 is 0 Å². The molecule has 1 heterocycles. The fourth-order valence-corrected chi connectivity index (χ4v) is 1.01. The minimum Gasteiger partial charge on any atom is -0.271 e. The molecule has 0 aliphatic heterocycles. The Kier molecular flexibility index (Phi) is 3.63. The molecule has 5 nitrogen and oxygen atoms in total. The first kappa shape index (κ1) is 9.91. The molecule has 6 heteroatoms. The predicted octanol–water partition coefficient (Wildman–Crippen LogP) is -0.117. The SMILES string of the molecule is O=c1cnn(C/C=C/CBr)c(=O)[nH]1. The summed E-state index contributed by atoms with van der Waals surface area (Å²) in [6.45, 7) is 0.362. The zero-order chi connectivity index (χ0) is 9.68. The molecule has 13 heavy (non-hydrogen) atoms. The molecular weight excluding hydrogens is 238 g/mol. The van der Waals surface area contributed by atoms with Crippen molar-refractivity contribution in [1.82, 2.24) is 14.8 Å². The molecule has 1 N–H and O–H groups in total. The van der Waals surface area contributed by atoms with Crippen LogP contribution >= 0.6 is 15.9 Å². The molecule has 1 aromatic rings. The fourth-order valence-electron chi connectivity index (χ4n) is 0.744. The van der Waals surface area contributed by atoms with Crippen LogP contribution in [0.3, 0.4) is 0 Å². The Morgan fingerprint density at radius 1 is 1.54 bits per heavy atom. The van der Waals surface area contributed by atoms with Crippen molar-refractivity contribution in [3.05, 3.63) is 39.2 Å². The first-order chi connectivity index (χ1) is 6.24. The number of alkyl halides is 1. The third-order valence-electron chi connectivity index (χ3n) is 1.31. The standard InChI is InChI=1S/C7H8BrN3O2/c8-3-1-2-4-11-7(13)10-6(12)5-9-11/h1-2,5H,3-4H2,(H,10,12,13)/b2-1+. The number of hydrogen-bond acceptors (Lipinski definition) is 3. The summed E-state index contributed by atoms with van der Waals surface area (Å²) in [4.78, 5) is 23.8. The molecule has 0 aromatic carbocycles. The van der Waals surface area contributed by atoms with Crippen LogP contribution < -0.4 is 11.2 Å². The van der Waals surface area contributed by atoms with Gasteiger partial charge < -0.3 is 0 Å². The van der Waals surface area contributed by atoms with E-state index in [1.54, 1.807) is 6.08 Å². The molecule has 0 fully saturated rings. The topological polar surface area (TPSA) is 67.8 Å². The van der Waals surface area contributed by atoms with E-state index in [0.717, 1.165) is 11.5 Å². The third-order valence-corrected chi connectivity index (χ3v) is 1.69. The average Bonchev–Trinajstić information content (AvgIpc) is 2.09. The van der Waals surface area contributed by atoms with Gasteiger partial charge in [-0.15, -0.1) is 0 Å². The number of nitrogens with one attached hydrogen (secondary N) is 1. The Labute approximate surface area is 82.2 Å². The van der Waals surface area contributed by atoms with E-state index in [4.69, 9.17) is 0 Å². The third kappa shape index (κ3) is 2.98. The zero-order valence-corrected chi connectivity index (χ0v) is 8.32. The van der Waals surface area contributed by atoms with Gasteiger partial charge in [0.15, 0.2) is 0 Å². The Bertz CT molecular complexity index is 407. The van der Waals surface area contributed by atoms with Crippen LogP contribution in [-0.4, -0.2) is 20.1 Å². The molecule has 0 radical (unpaired) electrons. The highest BCUT2D eigenvalue weighted by atomic mass is 79.9. The van der Waals surface area contributed by atoms with E-state index in [-0.39, 0.29) is 0 Å². The molecule has 0 aliphatic rings. The molecule has 0 bridgehead atoms. The van der Waals surface area contributed by atoms with Crippen LogP contribution in [0.5, 0.6) is 0 Å². The van der Waals surface area contributed by atoms with Gasteiger partial charge in [-0.05, 0) is 0 Å². The second-order valence-electron chi connectivity index (χ2n) is 2.25. The highest BCUT2D eigenvalue weighted by Gasteiger charge is 1.93. The Morgan fingerprint density at radius 2 is 2.31 bits per heavy atom. The van der Waals surface area contributed by atoms with Gasteiger partial charge >= 0.3 is 5.69 Å². The van der Waals surface area contributed by atoms with Gasteiger partial charge in [-0.25, -0.2) is 9.48 Å². The zero-order valence-electron chi connectivity index (χ0n) is 6.74. The molecule has 0 spiro atoms. The van der Waals surface area contributed by atoms with Gasteiger partial charge in [0.1, 0.15) is 6.20 Å². The smallest absolute Gasteiger partial charge is 0.271 e. The molecule has 0 atom stereocenters. The van der Waals surface area contributed by atoms with Crippen molar-refractivity contribution in [2.24, 2.45) is 0 Å². The normalized spacial score (nSPS) is 10.8. The van der Waals surface area contributed by atoms with Crippen LogP contribution in [0.1, 0.15) is 0 Å². The summed E-state index contributed by atoms with van der Waals surface area (Å²) in [5.41, 5.74) is -0.975. The van der Waals surface area contributed by atoms with Crippen molar-refractivity contribution >= 4 is 15.9 Å². The number of hydrogen-bond donors (Lipinski definition) is 1. The number of H-pyrrole nitrogens is 1. The highest BCUT2D eigenvalue weighted by molar-refractivity contribution is 9.09. The van der Waals surface area contributed by atoms with E-state index < -0.39 is 11.2 Å². The van der Waals surface area contributed by atoms with Gasteiger partial charge in [0.05, 0.1) is 6.54 Å². The van der Waals surface area contributed by atoms with Crippen LogP contribution in [0.15, 0.2) is 27.9 Å². The highest BCUT2D eigenvalue weighted by Crippen LogP contribution is 1.82. The molecule has 0 amide bonds. The van der Waals surface area contributed by atoms with Crippen molar-refractivity contribution in [1.29, 1.82) is 0 Å². The van der Waals surface area contributed by atoms with Gasteiger partial charge in [0, 0.05) is 5.33 Å². The maximum atomic E-state index is 11.0. The van der Waals surface area contributed by atoms with E-state index in [2.05, 4.69) is 26.0 Å². The first-order valence-electron chi connectivity index (χ1n) is 3.61. The van der Waals surface area contributed by atoms with Gasteiger partial charge in [-0.2, -0.15) is 5.10 Å². The largest absolute Gasteiger partial charge is 0.345 e. The van der Waals surface area contributed by atoms with Crippen molar-refractivity contribution in [2.75, 3.05) is 5.33 Å². The molecule has 0 saturated carbocycles. The van der Waals surface area contributed by atoms with Gasteiger partial charge in [0.2, 0.25) is 0 Å². The fraction of sp³-hybridized carbons (Fsp3) is 0.286. The lowest BCUT2D eigenvalue weighted by atomic mass is 10.5. The summed E-state index contributed by atoms with van der Waals surface area (Å²) in [5, 5.41) is 4.37. The van der Waals surface area contributed by atoms with E-state index in [1.807, 2.05) is 6.08 Å². The summed E-state index contributed by atoms with van der Waals surface area (Å²) in [6, 6.07) is 0. The summed E-state index contributed by atoms with van der Waals surface area (Å²) >= 11 is 3.20. The summed E-state index contributed by atoms with van der Waals surface area (Å²) < 4.78 is 1.17. The minimum absolute atomic E-state index is 0.362. The second kappa shape index (κ2) is 4.76. The average molecular weight is 246 g/mol. The number of allylic oxidation sites excluding steroid dienone is 2. The maximum Gasteiger partial charge on any atom is 0.345 e. The molecule has 0 unspecified atom stereocenters. The number of aromatic amines is 1. The quantitative estimate of drug-likeness (QED) is 0.597. The number of halogens is 1. The molecule has 1 aromatic heterocycles. The van der Waals surface area contributed by atoms with E-state index in [1.165, 1.54) is 4.68 Å². The van der Waals surface area contributed by atoms with Crippen LogP contribution in [0.25, 0.3) is 0 Å². The monoisotopic (exact) mass is 245 g/mol. The summed E-state index contributed by atoms with van der Waals surface area (Å²) in [7, 11) is 0. The Morgan fingerprint density at radius 3 is 2.92 bits per heavy atom. The molecule has 1 rings (SSSR count).